The average molecular weight is 556 g/mol. The van der Waals surface area contributed by atoms with Gasteiger partial charge in [0, 0.05) is 11.6 Å². The predicted octanol–water partition coefficient (Wildman–Crippen LogP) is 5.57. The fourth-order valence-electron chi connectivity index (χ4n) is 4.57. The number of benzene rings is 1. The number of ether oxygens (including phenoxy) is 4. The van der Waals surface area contributed by atoms with Crippen LogP contribution in [0.5, 0.6) is 0 Å². The van der Waals surface area contributed by atoms with Crippen LogP contribution in [0.4, 0.5) is 10.5 Å². The first-order chi connectivity index (χ1) is 18.5. The second-order valence-electron chi connectivity index (χ2n) is 12.0. The van der Waals surface area contributed by atoms with E-state index in [1.807, 2.05) is 6.92 Å². The molecule has 1 amide bonds. The molecule has 40 heavy (non-hydrogen) atoms. The zero-order valence-corrected chi connectivity index (χ0v) is 24.9. The highest BCUT2D eigenvalue weighted by Gasteiger charge is 2.43. The first-order valence-electron chi connectivity index (χ1n) is 13.6. The number of carbonyl (C=O) groups is 4. The molecule has 0 N–H and O–H groups in total. The molecule has 1 aromatic rings. The summed E-state index contributed by atoms with van der Waals surface area (Å²) < 4.78 is 23.3. The zero-order chi connectivity index (χ0) is 30.0. The fraction of sp³-hybridized carbons (Fsp3) is 0.548. The van der Waals surface area contributed by atoms with Gasteiger partial charge >= 0.3 is 12.1 Å². The van der Waals surface area contributed by atoms with E-state index in [1.54, 1.807) is 78.8 Å². The number of rotatable bonds is 3. The average Bonchev–Trinajstić information content (AvgIpc) is 3.12. The molecule has 0 aliphatic carbocycles. The lowest BCUT2D eigenvalue weighted by Gasteiger charge is -2.28. The minimum absolute atomic E-state index is 0.200. The van der Waals surface area contributed by atoms with Crippen molar-refractivity contribution in [1.29, 1.82) is 0 Å². The second kappa shape index (κ2) is 12.1. The van der Waals surface area contributed by atoms with Gasteiger partial charge in [-0.3, -0.25) is 14.5 Å². The summed E-state index contributed by atoms with van der Waals surface area (Å²) in [5.74, 6) is -2.16. The smallest absolute Gasteiger partial charge is 0.415 e. The van der Waals surface area contributed by atoms with Crippen molar-refractivity contribution >= 4 is 35.4 Å². The van der Waals surface area contributed by atoms with Crippen molar-refractivity contribution < 1.29 is 38.1 Å². The van der Waals surface area contributed by atoms with Gasteiger partial charge in [-0.05, 0) is 91.1 Å². The Morgan fingerprint density at radius 1 is 1.10 bits per heavy atom. The summed E-state index contributed by atoms with van der Waals surface area (Å²) in [4.78, 5) is 52.8. The molecular formula is C31H41NO8. The Hall–Kier alpha value is -3.30. The molecule has 9 heteroatoms. The number of carbonyl (C=O) groups excluding carboxylic acids is 4. The van der Waals surface area contributed by atoms with Gasteiger partial charge in [0.25, 0.3) is 0 Å². The maximum Gasteiger partial charge on any atom is 0.415 e. The molecule has 218 valence electrons. The summed E-state index contributed by atoms with van der Waals surface area (Å²) >= 11 is 0. The summed E-state index contributed by atoms with van der Waals surface area (Å²) in [5.41, 5.74) is 1.02. The summed E-state index contributed by atoms with van der Waals surface area (Å²) in [6, 6.07) is 3.33. The third-order valence-electron chi connectivity index (χ3n) is 6.59. The Kier molecular flexibility index (Phi) is 9.42. The van der Waals surface area contributed by atoms with Crippen molar-refractivity contribution in [3.63, 3.8) is 0 Å². The number of esters is 1. The highest BCUT2D eigenvalue weighted by atomic mass is 16.8. The van der Waals surface area contributed by atoms with Gasteiger partial charge in [-0.1, -0.05) is 25.2 Å². The number of aryl methyl sites for hydroxylation is 1. The van der Waals surface area contributed by atoms with Gasteiger partial charge in [-0.2, -0.15) is 0 Å². The van der Waals surface area contributed by atoms with Crippen LogP contribution < -0.4 is 4.90 Å². The van der Waals surface area contributed by atoms with Crippen molar-refractivity contribution in [3.05, 3.63) is 47.1 Å². The van der Waals surface area contributed by atoms with Crippen molar-refractivity contribution in [2.24, 2.45) is 5.92 Å². The van der Waals surface area contributed by atoms with Gasteiger partial charge in [0.05, 0.1) is 18.2 Å². The highest BCUT2D eigenvalue weighted by molar-refractivity contribution is 5.99. The molecule has 0 saturated carbocycles. The Bertz CT molecular complexity index is 1220. The number of nitrogens with zero attached hydrogens (tertiary/aromatic N) is 1. The van der Waals surface area contributed by atoms with Crippen LogP contribution in [-0.2, 0) is 28.5 Å². The van der Waals surface area contributed by atoms with Crippen molar-refractivity contribution in [2.45, 2.75) is 98.4 Å². The minimum atomic E-state index is -0.930. The Balaban J connectivity index is 2.11. The second-order valence-corrected chi connectivity index (χ2v) is 12.0. The molecule has 0 unspecified atom stereocenters. The van der Waals surface area contributed by atoms with Crippen LogP contribution in [0.1, 0.15) is 83.3 Å². The molecule has 0 radical (unpaired) electrons. The van der Waals surface area contributed by atoms with Crippen LogP contribution in [0, 0.1) is 12.8 Å². The lowest BCUT2D eigenvalue weighted by Crippen LogP contribution is -2.39. The summed E-state index contributed by atoms with van der Waals surface area (Å²) in [6.07, 6.45) is 4.53. The van der Waals surface area contributed by atoms with Gasteiger partial charge in [0.15, 0.2) is 11.6 Å². The number of hydrogen-bond donors (Lipinski definition) is 0. The van der Waals surface area contributed by atoms with Crippen LogP contribution in [0.2, 0.25) is 0 Å². The van der Waals surface area contributed by atoms with Crippen LogP contribution in [0.3, 0.4) is 0 Å². The normalized spacial score (nSPS) is 26.5. The zero-order valence-electron chi connectivity index (χ0n) is 24.9. The number of fused-ring (bicyclic) bond motifs is 2. The molecule has 0 aromatic heterocycles. The van der Waals surface area contributed by atoms with E-state index in [0.717, 1.165) is 0 Å². The van der Waals surface area contributed by atoms with Gasteiger partial charge in [-0.15, -0.1) is 0 Å². The maximum absolute atomic E-state index is 13.4. The van der Waals surface area contributed by atoms with E-state index in [4.69, 9.17) is 18.9 Å². The third kappa shape index (κ3) is 7.88. The molecule has 1 fully saturated rings. The Morgan fingerprint density at radius 2 is 1.77 bits per heavy atom. The van der Waals surface area contributed by atoms with E-state index in [0.29, 0.717) is 28.8 Å². The van der Waals surface area contributed by atoms with Gasteiger partial charge in [0.1, 0.15) is 23.6 Å². The van der Waals surface area contributed by atoms with Gasteiger partial charge < -0.3 is 18.9 Å². The number of cyclic esters (lactones) is 1. The van der Waals surface area contributed by atoms with E-state index in [9.17, 15) is 19.2 Å². The molecule has 3 rings (SSSR count). The molecule has 0 bridgehead atoms. The molecule has 2 aliphatic heterocycles. The molecule has 1 aromatic carbocycles. The summed E-state index contributed by atoms with van der Waals surface area (Å²) in [7, 11) is 0. The van der Waals surface area contributed by atoms with Crippen molar-refractivity contribution in [3.8, 4) is 0 Å². The first kappa shape index (κ1) is 31.2. The van der Waals surface area contributed by atoms with Crippen molar-refractivity contribution in [1.82, 2.24) is 0 Å². The molecule has 0 spiro atoms. The SMILES string of the molecule is CC(=O)CN(C(=O)OC(C)(C)C)c1cc(C)c2c(c1)/C=C/C[C@@H]1OC(C)(C)O[C@@H]1C(=O)/C=C\[C@@H](C)[C@H](C)OC2=O. The van der Waals surface area contributed by atoms with Gasteiger partial charge in [-0.25, -0.2) is 9.59 Å². The van der Waals surface area contributed by atoms with Gasteiger partial charge in [0.2, 0.25) is 0 Å². The van der Waals surface area contributed by atoms with E-state index >= 15 is 0 Å². The lowest BCUT2D eigenvalue weighted by molar-refractivity contribution is -0.152. The Morgan fingerprint density at radius 3 is 2.40 bits per heavy atom. The third-order valence-corrected chi connectivity index (χ3v) is 6.59. The van der Waals surface area contributed by atoms with Crippen LogP contribution in [0.15, 0.2) is 30.4 Å². The number of ketones is 2. The molecule has 9 nitrogen and oxygen atoms in total. The minimum Gasteiger partial charge on any atom is -0.458 e. The van der Waals surface area contributed by atoms with Crippen molar-refractivity contribution in [2.75, 3.05) is 11.4 Å². The van der Waals surface area contributed by atoms with Crippen LogP contribution >= 0.6 is 0 Å². The molecule has 1 saturated heterocycles. The quantitative estimate of drug-likeness (QED) is 0.446. The largest absolute Gasteiger partial charge is 0.458 e. The maximum atomic E-state index is 13.4. The number of Topliss-reactive ketones (excluding diaryl/α,β-unsaturated/α-hetero) is 1. The van der Waals surface area contributed by atoms with E-state index in [1.165, 1.54) is 17.9 Å². The summed E-state index contributed by atoms with van der Waals surface area (Å²) in [6.45, 7) is 15.3. The first-order valence-corrected chi connectivity index (χ1v) is 13.6. The molecule has 4 atom stereocenters. The predicted molar refractivity (Wildman–Crippen MR) is 151 cm³/mol. The van der Waals surface area contributed by atoms with Crippen LogP contribution in [0.25, 0.3) is 6.08 Å². The number of hydrogen-bond acceptors (Lipinski definition) is 8. The molecular weight excluding hydrogens is 514 g/mol. The topological polar surface area (TPSA) is 108 Å². The summed E-state index contributed by atoms with van der Waals surface area (Å²) in [5, 5.41) is 0. The monoisotopic (exact) mass is 555 g/mol. The molecule has 2 aliphatic rings. The Labute approximate surface area is 236 Å². The fourth-order valence-corrected chi connectivity index (χ4v) is 4.57. The lowest BCUT2D eigenvalue weighted by atomic mass is 9.97. The van der Waals surface area contributed by atoms with E-state index in [-0.39, 0.29) is 24.0 Å². The standard InChI is InChI=1S/C31H41NO8/c1-18-13-14-24(34)27-25(38-31(8,9)39-27)12-10-11-22-16-23(15-19(2)26(22)28(35)37-21(18)4)32(17-20(3)33)29(36)40-30(5,6)7/h10-11,13-16,18,21,25,27H,12,17H2,1-9H3/b11-10+,14-13-/t18-,21+,25+,27-/m1/s1. The van der Waals surface area contributed by atoms with E-state index in [2.05, 4.69) is 0 Å². The number of amides is 1. The van der Waals surface area contributed by atoms with Crippen LogP contribution in [-0.4, -0.2) is 59.9 Å². The number of anilines is 1. The van der Waals surface area contributed by atoms with E-state index < -0.39 is 41.8 Å². The molecule has 2 heterocycles. The highest BCUT2D eigenvalue weighted by Crippen LogP contribution is 2.33.